The van der Waals surface area contributed by atoms with Crippen molar-refractivity contribution >= 4 is 38.4 Å². The molecular weight excluding hydrogens is 394 g/mol. The average Bonchev–Trinajstić information content (AvgIpc) is 2.90. The summed E-state index contributed by atoms with van der Waals surface area (Å²) in [7, 11) is 0. The fraction of sp³-hybridized carbons (Fsp3) is 0.429. The van der Waals surface area contributed by atoms with Gasteiger partial charge < -0.3 is 34.9 Å². The SMILES string of the molecule is OC[C@H]1O[C@@H](Oc2c[nH]c3cc(Cl)c(Br)cc23)[C@H](O)[C@@H](O)[C@@H]1O. The van der Waals surface area contributed by atoms with Crippen LogP contribution in [0, 0.1) is 0 Å². The van der Waals surface area contributed by atoms with Gasteiger partial charge in [0.05, 0.1) is 17.1 Å². The average molecular weight is 409 g/mol. The molecule has 0 saturated carbocycles. The lowest BCUT2D eigenvalue weighted by Crippen LogP contribution is -2.60. The van der Waals surface area contributed by atoms with Gasteiger partial charge >= 0.3 is 0 Å². The molecule has 5 N–H and O–H groups in total. The zero-order valence-corrected chi connectivity index (χ0v) is 14.0. The van der Waals surface area contributed by atoms with Crippen molar-refractivity contribution in [2.24, 2.45) is 0 Å². The second-order valence-electron chi connectivity index (χ2n) is 5.28. The largest absolute Gasteiger partial charge is 0.460 e. The number of hydrogen-bond donors (Lipinski definition) is 5. The summed E-state index contributed by atoms with van der Waals surface area (Å²) in [4.78, 5) is 2.98. The minimum atomic E-state index is -1.49. The summed E-state index contributed by atoms with van der Waals surface area (Å²) in [5.41, 5.74) is 0.720. The van der Waals surface area contributed by atoms with Crippen molar-refractivity contribution in [3.8, 4) is 5.75 Å². The number of hydrogen-bond acceptors (Lipinski definition) is 6. The molecule has 1 saturated heterocycles. The van der Waals surface area contributed by atoms with E-state index in [9.17, 15) is 20.4 Å². The lowest BCUT2D eigenvalue weighted by Gasteiger charge is -2.39. The van der Waals surface area contributed by atoms with Gasteiger partial charge in [0, 0.05) is 16.1 Å². The molecule has 1 aromatic carbocycles. The molecule has 7 nitrogen and oxygen atoms in total. The van der Waals surface area contributed by atoms with Crippen molar-refractivity contribution < 1.29 is 29.9 Å². The van der Waals surface area contributed by atoms with E-state index in [1.54, 1.807) is 18.3 Å². The van der Waals surface area contributed by atoms with Gasteiger partial charge in [0.15, 0.2) is 0 Å². The lowest BCUT2D eigenvalue weighted by atomic mass is 9.99. The van der Waals surface area contributed by atoms with Gasteiger partial charge in [0.1, 0.15) is 30.2 Å². The predicted octanol–water partition coefficient (Wildman–Crippen LogP) is 0.762. The van der Waals surface area contributed by atoms with E-state index in [2.05, 4.69) is 20.9 Å². The molecule has 0 unspecified atom stereocenters. The molecule has 2 aromatic rings. The third-order valence-electron chi connectivity index (χ3n) is 3.78. The quantitative estimate of drug-likeness (QED) is 0.512. The Morgan fingerprint density at radius 1 is 1.22 bits per heavy atom. The van der Waals surface area contributed by atoms with E-state index < -0.39 is 37.3 Å². The molecule has 1 aliphatic rings. The molecule has 1 aliphatic heterocycles. The van der Waals surface area contributed by atoms with Gasteiger partial charge in [-0.15, -0.1) is 0 Å². The Balaban J connectivity index is 1.88. The highest BCUT2D eigenvalue weighted by molar-refractivity contribution is 9.10. The number of benzene rings is 1. The smallest absolute Gasteiger partial charge is 0.229 e. The highest BCUT2D eigenvalue weighted by Crippen LogP contribution is 2.34. The van der Waals surface area contributed by atoms with E-state index in [1.165, 1.54) is 0 Å². The summed E-state index contributed by atoms with van der Waals surface area (Å²) in [6.07, 6.45) is -5.07. The maximum atomic E-state index is 10.0. The third-order valence-corrected chi connectivity index (χ3v) is 4.97. The fourth-order valence-electron chi connectivity index (χ4n) is 2.48. The number of nitrogens with one attached hydrogen (secondary N) is 1. The molecule has 3 rings (SSSR count). The van der Waals surface area contributed by atoms with E-state index in [1.807, 2.05) is 0 Å². The normalized spacial score (nSPS) is 31.5. The Morgan fingerprint density at radius 2 is 1.96 bits per heavy atom. The summed E-state index contributed by atoms with van der Waals surface area (Å²) in [5, 5.41) is 40.0. The first-order valence-corrected chi connectivity index (χ1v) is 8.02. The van der Waals surface area contributed by atoms with Crippen LogP contribution in [0.1, 0.15) is 0 Å². The third kappa shape index (κ3) is 3.08. The number of aromatic amines is 1. The number of ether oxygens (including phenoxy) is 2. The van der Waals surface area contributed by atoms with Crippen molar-refractivity contribution in [1.82, 2.24) is 4.98 Å². The first-order valence-electron chi connectivity index (χ1n) is 6.85. The van der Waals surface area contributed by atoms with Gasteiger partial charge in [-0.25, -0.2) is 0 Å². The fourth-order valence-corrected chi connectivity index (χ4v) is 2.99. The van der Waals surface area contributed by atoms with Crippen LogP contribution in [-0.4, -0.2) is 62.7 Å². The number of aliphatic hydroxyl groups excluding tert-OH is 4. The number of fused-ring (bicyclic) bond motifs is 1. The molecule has 0 bridgehead atoms. The van der Waals surface area contributed by atoms with Crippen LogP contribution in [-0.2, 0) is 4.74 Å². The van der Waals surface area contributed by atoms with Crippen LogP contribution in [0.3, 0.4) is 0 Å². The Morgan fingerprint density at radius 3 is 2.65 bits per heavy atom. The summed E-state index contributed by atoms with van der Waals surface area (Å²) < 4.78 is 11.6. The van der Waals surface area contributed by atoms with Crippen molar-refractivity contribution in [2.75, 3.05) is 6.61 Å². The minimum absolute atomic E-state index is 0.377. The molecule has 5 atom stereocenters. The number of H-pyrrole nitrogens is 1. The first-order chi connectivity index (χ1) is 10.9. The predicted molar refractivity (Wildman–Crippen MR) is 85.4 cm³/mol. The molecule has 0 spiro atoms. The minimum Gasteiger partial charge on any atom is -0.460 e. The Hall–Kier alpha value is -0.870. The molecule has 2 heterocycles. The Kier molecular flexibility index (Phi) is 4.84. The number of aromatic nitrogens is 1. The van der Waals surface area contributed by atoms with Gasteiger partial charge in [0.25, 0.3) is 0 Å². The van der Waals surface area contributed by atoms with E-state index in [-0.39, 0.29) is 0 Å². The van der Waals surface area contributed by atoms with Crippen LogP contribution in [0.25, 0.3) is 10.9 Å². The summed E-state index contributed by atoms with van der Waals surface area (Å²) >= 11 is 9.35. The molecule has 23 heavy (non-hydrogen) atoms. The zero-order chi connectivity index (χ0) is 16.7. The molecule has 126 valence electrons. The van der Waals surface area contributed by atoms with Crippen LogP contribution in [0.2, 0.25) is 5.02 Å². The van der Waals surface area contributed by atoms with Gasteiger partial charge in [-0.05, 0) is 28.1 Å². The second-order valence-corrected chi connectivity index (χ2v) is 6.54. The van der Waals surface area contributed by atoms with Crippen LogP contribution in [0.5, 0.6) is 5.75 Å². The van der Waals surface area contributed by atoms with Crippen LogP contribution in [0.4, 0.5) is 0 Å². The summed E-state index contributed by atoms with van der Waals surface area (Å²) in [6.45, 7) is -0.514. The topological polar surface area (TPSA) is 115 Å². The number of aliphatic hydroxyl groups is 4. The highest BCUT2D eigenvalue weighted by Gasteiger charge is 2.44. The van der Waals surface area contributed by atoms with Gasteiger partial charge in [0.2, 0.25) is 6.29 Å². The molecule has 1 fully saturated rings. The molecule has 0 aliphatic carbocycles. The van der Waals surface area contributed by atoms with Crippen molar-refractivity contribution in [2.45, 2.75) is 30.7 Å². The van der Waals surface area contributed by atoms with E-state index in [0.29, 0.717) is 20.6 Å². The van der Waals surface area contributed by atoms with Crippen molar-refractivity contribution in [3.63, 3.8) is 0 Å². The molecule has 9 heteroatoms. The molecule has 1 aromatic heterocycles. The van der Waals surface area contributed by atoms with E-state index in [4.69, 9.17) is 21.1 Å². The van der Waals surface area contributed by atoms with Gasteiger partial charge in [-0.2, -0.15) is 0 Å². The Labute approximate surface area is 144 Å². The standard InChI is InChI=1S/C14H15BrClNO6/c15-6-1-5-8(2-7(6)16)17-3-9(5)22-14-13(21)12(20)11(19)10(4-18)23-14/h1-3,10-14,17-21H,4H2/t10-,11-,12+,13-,14-/m1/s1. The van der Waals surface area contributed by atoms with Crippen LogP contribution < -0.4 is 4.74 Å². The lowest BCUT2D eigenvalue weighted by molar-refractivity contribution is -0.277. The molecule has 0 radical (unpaired) electrons. The molecular formula is C14H15BrClNO6. The van der Waals surface area contributed by atoms with E-state index >= 15 is 0 Å². The maximum Gasteiger partial charge on any atom is 0.229 e. The molecule has 0 amide bonds. The first kappa shape index (κ1) is 17.0. The summed E-state index contributed by atoms with van der Waals surface area (Å²) in [5.74, 6) is 0.377. The zero-order valence-electron chi connectivity index (χ0n) is 11.7. The maximum absolute atomic E-state index is 10.0. The van der Waals surface area contributed by atoms with Crippen molar-refractivity contribution in [1.29, 1.82) is 0 Å². The van der Waals surface area contributed by atoms with Crippen LogP contribution >= 0.6 is 27.5 Å². The van der Waals surface area contributed by atoms with E-state index in [0.717, 1.165) is 5.52 Å². The van der Waals surface area contributed by atoms with Gasteiger partial charge in [-0.1, -0.05) is 11.6 Å². The summed E-state index contributed by atoms with van der Waals surface area (Å²) in [6, 6.07) is 3.45. The number of halogens is 2. The monoisotopic (exact) mass is 407 g/mol. The van der Waals surface area contributed by atoms with Crippen LogP contribution in [0.15, 0.2) is 22.8 Å². The van der Waals surface area contributed by atoms with Crippen molar-refractivity contribution in [3.05, 3.63) is 27.8 Å². The number of rotatable bonds is 3. The second kappa shape index (κ2) is 6.56. The van der Waals surface area contributed by atoms with Gasteiger partial charge in [-0.3, -0.25) is 0 Å². The highest BCUT2D eigenvalue weighted by atomic mass is 79.9. The Bertz CT molecular complexity index is 708.